The first-order valence-corrected chi connectivity index (χ1v) is 10.2. The van der Waals surface area contributed by atoms with Gasteiger partial charge < -0.3 is 9.63 Å². The first-order chi connectivity index (χ1) is 16.9. The lowest BCUT2D eigenvalue weighted by Gasteiger charge is -2.06. The van der Waals surface area contributed by atoms with Gasteiger partial charge in [-0.3, -0.25) is 19.4 Å². The van der Waals surface area contributed by atoms with Gasteiger partial charge in [0, 0.05) is 23.4 Å². The molecule has 5 aromatic rings. The minimum absolute atomic E-state index is 0.0280. The van der Waals surface area contributed by atoms with Gasteiger partial charge in [-0.15, -0.1) is 0 Å². The van der Waals surface area contributed by atoms with Crippen LogP contribution in [-0.2, 0) is 17.8 Å². The first-order valence-electron chi connectivity index (χ1n) is 10.2. The van der Waals surface area contributed by atoms with E-state index in [2.05, 4.69) is 25.3 Å². The van der Waals surface area contributed by atoms with Gasteiger partial charge >= 0.3 is 5.97 Å². The number of nitrogens with one attached hydrogen (secondary N) is 1. The summed E-state index contributed by atoms with van der Waals surface area (Å²) in [5, 5.41) is 19.8. The zero-order valence-corrected chi connectivity index (χ0v) is 17.7. The van der Waals surface area contributed by atoms with Gasteiger partial charge in [-0.25, -0.2) is 18.7 Å². The Kier molecular flexibility index (Phi) is 5.49. The van der Waals surface area contributed by atoms with Crippen LogP contribution in [0.5, 0.6) is 0 Å². The summed E-state index contributed by atoms with van der Waals surface area (Å²) in [5.41, 5.74) is 0.625. The average molecular weight is 479 g/mol. The molecule has 1 aromatic carbocycles. The zero-order chi connectivity index (χ0) is 24.5. The first kappa shape index (κ1) is 21.9. The number of carboxylic acids is 1. The summed E-state index contributed by atoms with van der Waals surface area (Å²) < 4.78 is 36.0. The van der Waals surface area contributed by atoms with Gasteiger partial charge in [0.15, 0.2) is 17.5 Å². The van der Waals surface area contributed by atoms with Crippen LogP contribution < -0.4 is 5.56 Å². The molecule has 0 spiro atoms. The molecule has 5 rings (SSSR count). The fourth-order valence-corrected chi connectivity index (χ4v) is 3.48. The Morgan fingerprint density at radius 3 is 2.69 bits per heavy atom. The second kappa shape index (κ2) is 8.78. The molecule has 0 fully saturated rings. The SMILES string of the molecule is O=C(O)Cc1c[nH]n(-c2nc(-c3cc(-c4ccon4)n(Cc4ccccc4F)n3)ncc2F)c1=O. The van der Waals surface area contributed by atoms with Crippen LogP contribution in [0.4, 0.5) is 8.78 Å². The number of aromatic amines is 1. The maximum Gasteiger partial charge on any atom is 0.308 e. The molecule has 0 aliphatic carbocycles. The monoisotopic (exact) mass is 479 g/mol. The molecule has 4 aromatic heterocycles. The van der Waals surface area contributed by atoms with Crippen LogP contribution in [0.2, 0.25) is 0 Å². The fourth-order valence-electron chi connectivity index (χ4n) is 3.48. The van der Waals surface area contributed by atoms with Crippen molar-refractivity contribution in [1.29, 1.82) is 0 Å². The summed E-state index contributed by atoms with van der Waals surface area (Å²) >= 11 is 0. The molecular weight excluding hydrogens is 464 g/mol. The molecule has 0 saturated carbocycles. The number of rotatable bonds is 7. The number of halogens is 2. The summed E-state index contributed by atoms with van der Waals surface area (Å²) in [6, 6.07) is 9.38. The summed E-state index contributed by atoms with van der Waals surface area (Å²) in [7, 11) is 0. The lowest BCUT2D eigenvalue weighted by Crippen LogP contribution is -2.21. The summed E-state index contributed by atoms with van der Waals surface area (Å²) in [5.74, 6) is -2.98. The standard InChI is InChI=1S/C22H15F2N7O4/c23-14-4-2-1-3-12(14)11-30-18(16-5-6-35-29-16)8-17(28-30)20-25-10-15(24)21(27-20)31-22(34)13(9-26-31)7-19(32)33/h1-6,8-10,26H,7,11H2,(H,32,33). The second-order valence-corrected chi connectivity index (χ2v) is 7.42. The van der Waals surface area contributed by atoms with Crippen molar-refractivity contribution in [3.05, 3.63) is 88.2 Å². The van der Waals surface area contributed by atoms with E-state index in [1.807, 2.05) is 0 Å². The number of aliphatic carboxylic acids is 1. The highest BCUT2D eigenvalue weighted by atomic mass is 19.1. The molecule has 0 aliphatic heterocycles. The third-order valence-corrected chi connectivity index (χ3v) is 5.11. The smallest absolute Gasteiger partial charge is 0.308 e. The van der Waals surface area contributed by atoms with E-state index >= 15 is 0 Å². The molecule has 0 unspecified atom stereocenters. The van der Waals surface area contributed by atoms with E-state index in [0.717, 1.165) is 10.9 Å². The van der Waals surface area contributed by atoms with Crippen LogP contribution in [0, 0.1) is 11.6 Å². The Labute approximate surface area is 194 Å². The Morgan fingerprint density at radius 2 is 1.94 bits per heavy atom. The van der Waals surface area contributed by atoms with E-state index in [0.29, 0.717) is 17.0 Å². The van der Waals surface area contributed by atoms with Crippen LogP contribution in [0.15, 0.2) is 64.4 Å². The topological polar surface area (TPSA) is 145 Å². The number of carboxylic acid groups (broad SMARTS) is 1. The van der Waals surface area contributed by atoms with Crippen LogP contribution in [-0.4, -0.2) is 45.8 Å². The molecule has 0 amide bonds. The molecule has 13 heteroatoms. The van der Waals surface area contributed by atoms with Crippen molar-refractivity contribution in [3.8, 4) is 28.7 Å². The summed E-state index contributed by atoms with van der Waals surface area (Å²) in [6.45, 7) is 0.0531. The zero-order valence-electron chi connectivity index (χ0n) is 17.7. The normalized spacial score (nSPS) is 11.1. The molecule has 176 valence electrons. The Balaban J connectivity index is 1.58. The predicted octanol–water partition coefficient (Wildman–Crippen LogP) is 2.43. The second-order valence-electron chi connectivity index (χ2n) is 7.42. The van der Waals surface area contributed by atoms with Gasteiger partial charge in [0.05, 0.1) is 24.9 Å². The number of hydrogen-bond acceptors (Lipinski definition) is 7. The molecule has 0 atom stereocenters. The maximum atomic E-state index is 14.6. The van der Waals surface area contributed by atoms with E-state index in [1.54, 1.807) is 30.3 Å². The van der Waals surface area contributed by atoms with Crippen LogP contribution in [0.1, 0.15) is 11.1 Å². The number of nitrogens with zero attached hydrogens (tertiary/aromatic N) is 6. The Hall–Kier alpha value is -4.94. The molecule has 4 heterocycles. The number of hydrogen-bond donors (Lipinski definition) is 2. The quantitative estimate of drug-likeness (QED) is 0.362. The van der Waals surface area contributed by atoms with Gasteiger partial charge in [0.2, 0.25) is 0 Å². The molecular formula is C22H15F2N7O4. The Bertz CT molecular complexity index is 1590. The lowest BCUT2D eigenvalue weighted by atomic mass is 10.2. The minimum atomic E-state index is -1.21. The molecule has 11 nitrogen and oxygen atoms in total. The minimum Gasteiger partial charge on any atom is -0.481 e. The van der Waals surface area contributed by atoms with Crippen molar-refractivity contribution >= 4 is 5.97 Å². The van der Waals surface area contributed by atoms with E-state index in [4.69, 9.17) is 9.63 Å². The third kappa shape index (κ3) is 4.21. The van der Waals surface area contributed by atoms with Gasteiger partial charge in [-0.1, -0.05) is 23.4 Å². The van der Waals surface area contributed by atoms with Gasteiger partial charge in [0.1, 0.15) is 23.5 Å². The van der Waals surface area contributed by atoms with Gasteiger partial charge in [-0.05, 0) is 12.1 Å². The predicted molar refractivity (Wildman–Crippen MR) is 115 cm³/mol. The van der Waals surface area contributed by atoms with E-state index in [1.165, 1.54) is 23.2 Å². The van der Waals surface area contributed by atoms with Crippen molar-refractivity contribution in [1.82, 2.24) is 34.7 Å². The van der Waals surface area contributed by atoms with Crippen molar-refractivity contribution in [2.45, 2.75) is 13.0 Å². The highest BCUT2D eigenvalue weighted by Gasteiger charge is 2.20. The highest BCUT2D eigenvalue weighted by Crippen LogP contribution is 2.25. The fraction of sp³-hybridized carbons (Fsp3) is 0.0909. The maximum absolute atomic E-state index is 14.6. The van der Waals surface area contributed by atoms with Gasteiger partial charge in [-0.2, -0.15) is 9.78 Å². The number of H-pyrrole nitrogens is 1. The summed E-state index contributed by atoms with van der Waals surface area (Å²) in [4.78, 5) is 31.6. The number of carbonyl (C=O) groups is 1. The molecule has 35 heavy (non-hydrogen) atoms. The van der Waals surface area contributed by atoms with Crippen LogP contribution in [0.25, 0.3) is 28.7 Å². The van der Waals surface area contributed by atoms with Gasteiger partial charge in [0.25, 0.3) is 5.56 Å². The van der Waals surface area contributed by atoms with E-state index in [9.17, 15) is 18.4 Å². The van der Waals surface area contributed by atoms with Crippen molar-refractivity contribution in [2.24, 2.45) is 0 Å². The summed E-state index contributed by atoms with van der Waals surface area (Å²) in [6.07, 6.45) is 2.87. The van der Waals surface area contributed by atoms with Crippen LogP contribution >= 0.6 is 0 Å². The third-order valence-electron chi connectivity index (χ3n) is 5.11. The molecule has 0 saturated heterocycles. The van der Waals surface area contributed by atoms with Crippen molar-refractivity contribution in [2.75, 3.05) is 0 Å². The largest absolute Gasteiger partial charge is 0.481 e. The number of benzene rings is 1. The molecule has 2 N–H and O–H groups in total. The highest BCUT2D eigenvalue weighted by molar-refractivity contribution is 5.70. The van der Waals surface area contributed by atoms with Crippen LogP contribution in [0.3, 0.4) is 0 Å². The molecule has 0 radical (unpaired) electrons. The van der Waals surface area contributed by atoms with Crippen molar-refractivity contribution < 1.29 is 23.2 Å². The number of aromatic nitrogens is 7. The Morgan fingerprint density at radius 1 is 1.11 bits per heavy atom. The average Bonchev–Trinajstić information content (AvgIpc) is 3.57. The molecule has 0 bridgehead atoms. The van der Waals surface area contributed by atoms with Crippen molar-refractivity contribution in [3.63, 3.8) is 0 Å². The van der Waals surface area contributed by atoms with E-state index < -0.39 is 35.4 Å². The lowest BCUT2D eigenvalue weighted by molar-refractivity contribution is -0.136. The van der Waals surface area contributed by atoms with E-state index in [-0.39, 0.29) is 23.6 Å². The molecule has 0 aliphatic rings.